The Bertz CT molecular complexity index is 1060. The fraction of sp³-hybridized carbons (Fsp3) is 0.458. The number of likely N-dealkylation sites (N-methyl/N-ethyl adjacent to an activating group) is 1. The number of hydrogen-bond donors (Lipinski definition) is 2. The number of benzene rings is 1. The van der Waals surface area contributed by atoms with E-state index < -0.39 is 0 Å². The van der Waals surface area contributed by atoms with Crippen molar-refractivity contribution in [1.82, 2.24) is 14.8 Å². The van der Waals surface area contributed by atoms with E-state index in [9.17, 15) is 14.7 Å². The zero-order chi connectivity index (χ0) is 24.5. The fourth-order valence-electron chi connectivity index (χ4n) is 3.53. The lowest BCUT2D eigenvalue weighted by atomic mass is 9.77. The van der Waals surface area contributed by atoms with Crippen molar-refractivity contribution in [2.24, 2.45) is 5.41 Å². The smallest absolute Gasteiger partial charge is 0.265 e. The summed E-state index contributed by atoms with van der Waals surface area (Å²) in [4.78, 5) is 32.6. The van der Waals surface area contributed by atoms with Crippen LogP contribution in [0.15, 0.2) is 31.0 Å². The van der Waals surface area contributed by atoms with Gasteiger partial charge in [0.2, 0.25) is 5.91 Å². The van der Waals surface area contributed by atoms with Crippen molar-refractivity contribution in [3.05, 3.63) is 51.5 Å². The van der Waals surface area contributed by atoms with Crippen molar-refractivity contribution in [2.75, 3.05) is 25.5 Å². The molecular formula is C24H31ClN4O3S. The van der Waals surface area contributed by atoms with E-state index in [2.05, 4.69) is 44.6 Å². The third-order valence-corrected chi connectivity index (χ3v) is 7.60. The normalized spacial score (nSPS) is 15.0. The zero-order valence-electron chi connectivity index (χ0n) is 19.7. The molecule has 0 radical (unpaired) electrons. The third kappa shape index (κ3) is 5.50. The Morgan fingerprint density at radius 1 is 1.42 bits per heavy atom. The lowest BCUT2D eigenvalue weighted by molar-refractivity contribution is -0.132. The summed E-state index contributed by atoms with van der Waals surface area (Å²) in [7, 11) is 1.74. The standard InChI is InChI=1S/C24H31ClN4O3S/c1-7-22(31)29-12-15(13-29)28(6)23(32)20-10-27-21(33-20)11-26-18-8-16(14(2)24(3,4)5)17(25)9-19(18)30/h7-10,14-15,26,30H,1,11-13H2,2-6H3/t14-/m1/s1. The highest BCUT2D eigenvalue weighted by atomic mass is 35.5. The number of rotatable bonds is 7. The Morgan fingerprint density at radius 2 is 2.09 bits per heavy atom. The first kappa shape index (κ1) is 25.1. The first-order valence-corrected chi connectivity index (χ1v) is 12.0. The molecule has 1 aromatic carbocycles. The highest BCUT2D eigenvalue weighted by Crippen LogP contribution is 2.41. The number of hydrogen-bond acceptors (Lipinski definition) is 6. The maximum Gasteiger partial charge on any atom is 0.265 e. The van der Waals surface area contributed by atoms with Crippen LogP contribution in [0.4, 0.5) is 5.69 Å². The van der Waals surface area contributed by atoms with Gasteiger partial charge in [-0.05, 0) is 29.0 Å². The summed E-state index contributed by atoms with van der Waals surface area (Å²) in [6.45, 7) is 13.4. The van der Waals surface area contributed by atoms with Crippen molar-refractivity contribution in [3.63, 3.8) is 0 Å². The highest BCUT2D eigenvalue weighted by Gasteiger charge is 2.35. The van der Waals surface area contributed by atoms with Crippen LogP contribution in [0.25, 0.3) is 0 Å². The second-order valence-electron chi connectivity index (χ2n) is 9.47. The number of carbonyl (C=O) groups is 2. The second-order valence-corrected chi connectivity index (χ2v) is 11.0. The predicted octanol–water partition coefficient (Wildman–Crippen LogP) is 4.73. The number of phenolic OH excluding ortho intramolecular Hbond substituents is 1. The van der Waals surface area contributed by atoms with Gasteiger partial charge in [0.1, 0.15) is 15.6 Å². The molecule has 9 heteroatoms. The molecule has 7 nitrogen and oxygen atoms in total. The fourth-order valence-corrected chi connectivity index (χ4v) is 4.69. The molecular weight excluding hydrogens is 460 g/mol. The van der Waals surface area contributed by atoms with Gasteiger partial charge in [-0.15, -0.1) is 11.3 Å². The van der Waals surface area contributed by atoms with Crippen molar-refractivity contribution in [1.29, 1.82) is 0 Å². The Hall–Kier alpha value is -2.58. The number of aromatic hydroxyl groups is 1. The Morgan fingerprint density at radius 3 is 2.70 bits per heavy atom. The zero-order valence-corrected chi connectivity index (χ0v) is 21.3. The Labute approximate surface area is 204 Å². The molecule has 1 fully saturated rings. The van der Waals surface area contributed by atoms with E-state index in [-0.39, 0.29) is 34.9 Å². The number of amides is 2. The second kappa shape index (κ2) is 9.73. The highest BCUT2D eigenvalue weighted by molar-refractivity contribution is 7.13. The summed E-state index contributed by atoms with van der Waals surface area (Å²) in [6, 6.07) is 3.43. The van der Waals surface area contributed by atoms with Crippen LogP contribution < -0.4 is 5.32 Å². The lowest BCUT2D eigenvalue weighted by Gasteiger charge is -2.43. The minimum atomic E-state index is -0.122. The van der Waals surface area contributed by atoms with Gasteiger partial charge < -0.3 is 20.2 Å². The summed E-state index contributed by atoms with van der Waals surface area (Å²) in [5.41, 5.74) is 1.56. The summed E-state index contributed by atoms with van der Waals surface area (Å²) < 4.78 is 0. The average Bonchev–Trinajstić information content (AvgIpc) is 3.19. The molecule has 1 aliphatic rings. The van der Waals surface area contributed by atoms with E-state index in [1.807, 2.05) is 6.07 Å². The summed E-state index contributed by atoms with van der Waals surface area (Å²) >= 11 is 7.70. The van der Waals surface area contributed by atoms with Gasteiger partial charge in [0.25, 0.3) is 5.91 Å². The number of nitrogens with zero attached hydrogens (tertiary/aromatic N) is 3. The van der Waals surface area contributed by atoms with Crippen LogP contribution in [0.1, 0.15) is 53.9 Å². The number of halogens is 1. The van der Waals surface area contributed by atoms with Crippen LogP contribution in [0.2, 0.25) is 5.02 Å². The van der Waals surface area contributed by atoms with Crippen LogP contribution >= 0.6 is 22.9 Å². The molecule has 1 aliphatic heterocycles. The van der Waals surface area contributed by atoms with Gasteiger partial charge in [0.05, 0.1) is 24.5 Å². The molecule has 0 spiro atoms. The maximum absolute atomic E-state index is 12.8. The van der Waals surface area contributed by atoms with Crippen LogP contribution in [-0.4, -0.2) is 57.9 Å². The number of carbonyl (C=O) groups excluding carboxylic acids is 2. The molecule has 178 valence electrons. The number of thiazole rings is 1. The number of nitrogens with one attached hydrogen (secondary N) is 1. The topological polar surface area (TPSA) is 85.8 Å². The van der Waals surface area contributed by atoms with E-state index in [0.29, 0.717) is 35.2 Å². The van der Waals surface area contributed by atoms with Crippen LogP contribution in [-0.2, 0) is 11.3 Å². The van der Waals surface area contributed by atoms with Gasteiger partial charge >= 0.3 is 0 Å². The number of likely N-dealkylation sites (tertiary alicyclic amines) is 1. The van der Waals surface area contributed by atoms with E-state index >= 15 is 0 Å². The van der Waals surface area contributed by atoms with Gasteiger partial charge in [0.15, 0.2) is 0 Å². The molecule has 3 rings (SSSR count). The molecule has 1 saturated heterocycles. The van der Waals surface area contributed by atoms with E-state index in [1.54, 1.807) is 29.1 Å². The predicted molar refractivity (Wildman–Crippen MR) is 133 cm³/mol. The lowest BCUT2D eigenvalue weighted by Crippen LogP contribution is -2.60. The molecule has 2 aromatic rings. The Balaban J connectivity index is 1.64. The molecule has 2 amide bonds. The number of aromatic nitrogens is 1. The van der Waals surface area contributed by atoms with Crippen LogP contribution in [0.3, 0.4) is 0 Å². The molecule has 1 atom stereocenters. The molecule has 2 N–H and O–H groups in total. The quantitative estimate of drug-likeness (QED) is 0.432. The van der Waals surface area contributed by atoms with Crippen LogP contribution in [0, 0.1) is 5.41 Å². The minimum Gasteiger partial charge on any atom is -0.506 e. The van der Waals surface area contributed by atoms with Crippen molar-refractivity contribution < 1.29 is 14.7 Å². The molecule has 33 heavy (non-hydrogen) atoms. The minimum absolute atomic E-state index is 0.0145. The SMILES string of the molecule is C=CC(=O)N1CC(N(C)C(=O)c2cnc(CNc3cc([C@@H](C)C(C)(C)C)c(Cl)cc3O)s2)C1. The van der Waals surface area contributed by atoms with Gasteiger partial charge in [-0.3, -0.25) is 9.59 Å². The van der Waals surface area contributed by atoms with Crippen molar-refractivity contribution >= 4 is 40.4 Å². The largest absolute Gasteiger partial charge is 0.506 e. The molecule has 0 aliphatic carbocycles. The maximum atomic E-state index is 12.8. The number of anilines is 1. The monoisotopic (exact) mass is 490 g/mol. The third-order valence-electron chi connectivity index (χ3n) is 6.29. The first-order chi connectivity index (χ1) is 15.4. The Kier molecular flexibility index (Phi) is 7.39. The molecule has 1 aromatic heterocycles. The number of phenols is 1. The van der Waals surface area contributed by atoms with Gasteiger partial charge in [0, 0.05) is 31.2 Å². The average molecular weight is 491 g/mol. The van der Waals surface area contributed by atoms with E-state index in [4.69, 9.17) is 11.6 Å². The summed E-state index contributed by atoms with van der Waals surface area (Å²) in [5.74, 6) is 0.0184. The summed E-state index contributed by atoms with van der Waals surface area (Å²) in [6.07, 6.45) is 2.85. The van der Waals surface area contributed by atoms with Gasteiger partial charge in [-0.1, -0.05) is 45.9 Å². The van der Waals surface area contributed by atoms with E-state index in [0.717, 1.165) is 10.6 Å². The van der Waals surface area contributed by atoms with Gasteiger partial charge in [-0.2, -0.15) is 0 Å². The summed E-state index contributed by atoms with van der Waals surface area (Å²) in [5, 5.41) is 14.8. The van der Waals surface area contributed by atoms with Gasteiger partial charge in [-0.25, -0.2) is 4.98 Å². The van der Waals surface area contributed by atoms with Crippen LogP contribution in [0.5, 0.6) is 5.75 Å². The van der Waals surface area contributed by atoms with E-state index in [1.165, 1.54) is 17.4 Å². The molecule has 2 heterocycles. The van der Waals surface area contributed by atoms with Crippen molar-refractivity contribution in [3.8, 4) is 5.75 Å². The first-order valence-electron chi connectivity index (χ1n) is 10.8. The van der Waals surface area contributed by atoms with Crippen molar-refractivity contribution in [2.45, 2.75) is 46.2 Å². The molecule has 0 bridgehead atoms. The molecule has 0 saturated carbocycles. The molecule has 0 unspecified atom stereocenters.